The highest BCUT2D eigenvalue weighted by Gasteiger charge is 2.30. The Morgan fingerprint density at radius 3 is 2.17 bits per heavy atom. The van der Waals surface area contributed by atoms with Crippen LogP contribution in [-0.4, -0.2) is 11.6 Å². The van der Waals surface area contributed by atoms with E-state index in [1.807, 2.05) is 6.92 Å². The zero-order valence-electron chi connectivity index (χ0n) is 10.7. The van der Waals surface area contributed by atoms with Crippen LogP contribution in [0, 0.1) is 0 Å². The highest BCUT2D eigenvalue weighted by atomic mass is 16.1. The van der Waals surface area contributed by atoms with Crippen LogP contribution in [0.2, 0.25) is 0 Å². The molecule has 0 atom stereocenters. The minimum Gasteiger partial charge on any atom is -0.289 e. The monoisotopic (exact) mass is 240 g/mol. The van der Waals surface area contributed by atoms with Gasteiger partial charge in [0.15, 0.2) is 11.6 Å². The Bertz CT molecular complexity index is 537. The van der Waals surface area contributed by atoms with Gasteiger partial charge in [-0.15, -0.1) is 0 Å². The van der Waals surface area contributed by atoms with E-state index in [0.29, 0.717) is 16.7 Å². The lowest BCUT2D eigenvalue weighted by Gasteiger charge is -2.18. The van der Waals surface area contributed by atoms with Gasteiger partial charge in [0.25, 0.3) is 0 Å². The number of Topliss-reactive ketones (excluding diaryl/α,β-unsaturated/α-hetero) is 2. The van der Waals surface area contributed by atoms with Crippen molar-refractivity contribution in [3.05, 3.63) is 71.9 Å². The summed E-state index contributed by atoms with van der Waals surface area (Å²) in [5.74, 6) is -0.431. The number of rotatable bonds is 3. The molecule has 0 radical (unpaired) electrons. The summed E-state index contributed by atoms with van der Waals surface area (Å²) < 4.78 is 0. The molecule has 0 bridgehead atoms. The number of hydrogen-bond donors (Lipinski definition) is 0. The van der Waals surface area contributed by atoms with E-state index >= 15 is 0 Å². The van der Waals surface area contributed by atoms with Crippen LogP contribution < -0.4 is 0 Å². The second-order valence-electron chi connectivity index (χ2n) is 3.77. The molecule has 0 aromatic carbocycles. The Hall–Kier alpha value is -2.22. The highest BCUT2D eigenvalue weighted by molar-refractivity contribution is 6.31. The molecule has 1 rings (SSSR count). The summed E-state index contributed by atoms with van der Waals surface area (Å²) in [5, 5.41) is 0. The van der Waals surface area contributed by atoms with E-state index in [1.165, 1.54) is 6.08 Å². The first-order valence-electron chi connectivity index (χ1n) is 5.69. The van der Waals surface area contributed by atoms with Crippen molar-refractivity contribution in [3.63, 3.8) is 0 Å². The topological polar surface area (TPSA) is 34.1 Å². The molecule has 0 aliphatic heterocycles. The van der Waals surface area contributed by atoms with Crippen LogP contribution in [0.5, 0.6) is 0 Å². The molecule has 0 heterocycles. The third-order valence-corrected chi connectivity index (χ3v) is 2.62. The van der Waals surface area contributed by atoms with E-state index in [0.717, 1.165) is 0 Å². The van der Waals surface area contributed by atoms with Gasteiger partial charge in [-0.25, -0.2) is 0 Å². The molecule has 0 N–H and O–H groups in total. The lowest BCUT2D eigenvalue weighted by Crippen LogP contribution is -2.22. The molecule has 0 saturated carbocycles. The van der Waals surface area contributed by atoms with E-state index in [9.17, 15) is 9.59 Å². The van der Waals surface area contributed by atoms with Crippen molar-refractivity contribution < 1.29 is 9.59 Å². The molecule has 1 aliphatic rings. The van der Waals surface area contributed by atoms with Gasteiger partial charge in [-0.2, -0.15) is 0 Å². The van der Waals surface area contributed by atoms with Gasteiger partial charge in [-0.05, 0) is 13.8 Å². The fourth-order valence-corrected chi connectivity index (χ4v) is 1.72. The quantitative estimate of drug-likeness (QED) is 0.709. The van der Waals surface area contributed by atoms with Crippen LogP contribution in [-0.2, 0) is 9.59 Å². The first-order chi connectivity index (χ1) is 8.58. The predicted molar refractivity (Wildman–Crippen MR) is 74.1 cm³/mol. The van der Waals surface area contributed by atoms with Gasteiger partial charge in [0, 0.05) is 22.3 Å². The number of allylic oxidation sites excluding steroid dienone is 10. The van der Waals surface area contributed by atoms with Crippen molar-refractivity contribution in [1.29, 1.82) is 0 Å². The second kappa shape index (κ2) is 5.92. The lowest BCUT2D eigenvalue weighted by molar-refractivity contribution is -0.116. The molecule has 2 nitrogen and oxygen atoms in total. The fraction of sp³-hybridized carbons (Fsp3) is 0.125. The number of hydrogen-bond acceptors (Lipinski definition) is 2. The second-order valence-corrected chi connectivity index (χ2v) is 3.77. The van der Waals surface area contributed by atoms with E-state index in [-0.39, 0.29) is 17.1 Å². The van der Waals surface area contributed by atoms with E-state index < -0.39 is 0 Å². The Kier molecular flexibility index (Phi) is 4.55. The molecule has 0 amide bonds. The number of carbonyl (C=O) groups is 2. The zero-order valence-corrected chi connectivity index (χ0v) is 10.7. The van der Waals surface area contributed by atoms with Crippen molar-refractivity contribution in [1.82, 2.24) is 0 Å². The molecule has 0 fully saturated rings. The molecule has 0 spiro atoms. The number of carbonyl (C=O) groups excluding carboxylic acids is 2. The molecule has 1 aliphatic carbocycles. The summed E-state index contributed by atoms with van der Waals surface area (Å²) in [7, 11) is 0. The highest BCUT2D eigenvalue weighted by Crippen LogP contribution is 2.28. The molecular weight excluding hydrogens is 224 g/mol. The predicted octanol–water partition coefficient (Wildman–Crippen LogP) is 3.26. The molecular formula is C16H16O2. The molecule has 18 heavy (non-hydrogen) atoms. The summed E-state index contributed by atoms with van der Waals surface area (Å²) in [4.78, 5) is 24.4. The van der Waals surface area contributed by atoms with Gasteiger partial charge in [0.1, 0.15) is 0 Å². The van der Waals surface area contributed by atoms with Crippen LogP contribution in [0.1, 0.15) is 13.8 Å². The van der Waals surface area contributed by atoms with Crippen molar-refractivity contribution in [2.24, 2.45) is 0 Å². The standard InChI is InChI=1S/C16H16O2/c1-5-8-10-13-11(4)15(17)12(7-3)14(9-6-2)16(13)18/h5-10H,3-4H2,1-2H3/b8-5-,9-6-,13-10+. The smallest absolute Gasteiger partial charge is 0.194 e. The van der Waals surface area contributed by atoms with Crippen molar-refractivity contribution in [2.45, 2.75) is 13.8 Å². The average Bonchev–Trinajstić information content (AvgIpc) is 2.36. The maximum atomic E-state index is 12.3. The Labute approximate surface area is 107 Å². The molecule has 0 aromatic rings. The maximum absolute atomic E-state index is 12.3. The number of ketones is 2. The fourth-order valence-electron chi connectivity index (χ4n) is 1.72. The third kappa shape index (κ3) is 2.38. The van der Waals surface area contributed by atoms with E-state index in [1.54, 1.807) is 37.3 Å². The van der Waals surface area contributed by atoms with Crippen LogP contribution in [0.15, 0.2) is 71.9 Å². The Morgan fingerprint density at radius 1 is 1.00 bits per heavy atom. The van der Waals surface area contributed by atoms with Gasteiger partial charge in [-0.3, -0.25) is 9.59 Å². The average molecular weight is 240 g/mol. The lowest BCUT2D eigenvalue weighted by atomic mass is 9.82. The molecule has 0 unspecified atom stereocenters. The minimum absolute atomic E-state index is 0.189. The summed E-state index contributed by atoms with van der Waals surface area (Å²) >= 11 is 0. The first-order valence-corrected chi connectivity index (χ1v) is 5.69. The third-order valence-electron chi connectivity index (χ3n) is 2.62. The minimum atomic E-state index is -0.242. The summed E-state index contributed by atoms with van der Waals surface area (Å²) in [6.07, 6.45) is 9.90. The summed E-state index contributed by atoms with van der Waals surface area (Å²) in [6, 6.07) is 0. The van der Waals surface area contributed by atoms with Gasteiger partial charge >= 0.3 is 0 Å². The van der Waals surface area contributed by atoms with Gasteiger partial charge in [0.2, 0.25) is 0 Å². The van der Waals surface area contributed by atoms with Crippen LogP contribution in [0.3, 0.4) is 0 Å². The van der Waals surface area contributed by atoms with Crippen molar-refractivity contribution in [2.75, 3.05) is 0 Å². The van der Waals surface area contributed by atoms with Crippen LogP contribution in [0.25, 0.3) is 0 Å². The van der Waals surface area contributed by atoms with E-state index in [4.69, 9.17) is 0 Å². The van der Waals surface area contributed by atoms with Gasteiger partial charge in [0.05, 0.1) is 0 Å². The largest absolute Gasteiger partial charge is 0.289 e. The van der Waals surface area contributed by atoms with Gasteiger partial charge < -0.3 is 0 Å². The SMILES string of the molecule is C=CC1=C(/C=C\C)C(=O)/C(=C/C=C\C)C(=C)C1=O. The molecule has 92 valence electrons. The molecule has 0 saturated heterocycles. The molecule has 0 aromatic heterocycles. The van der Waals surface area contributed by atoms with Crippen LogP contribution >= 0.6 is 0 Å². The summed E-state index contributed by atoms with van der Waals surface area (Å²) in [6.45, 7) is 10.9. The summed E-state index contributed by atoms with van der Waals surface area (Å²) in [5.41, 5.74) is 1.26. The molecule has 2 heteroatoms. The van der Waals surface area contributed by atoms with Gasteiger partial charge in [-0.1, -0.05) is 49.6 Å². The van der Waals surface area contributed by atoms with Crippen molar-refractivity contribution >= 4 is 11.6 Å². The van der Waals surface area contributed by atoms with Crippen LogP contribution in [0.4, 0.5) is 0 Å². The van der Waals surface area contributed by atoms with Crippen molar-refractivity contribution in [3.8, 4) is 0 Å². The van der Waals surface area contributed by atoms with E-state index in [2.05, 4.69) is 13.2 Å². The Morgan fingerprint density at radius 2 is 1.67 bits per heavy atom. The first kappa shape index (κ1) is 13.8. The maximum Gasteiger partial charge on any atom is 0.194 e. The Balaban J connectivity index is 3.50. The normalized spacial score (nSPS) is 19.7. The zero-order chi connectivity index (χ0) is 13.7.